The second kappa shape index (κ2) is 5.99. The number of aromatic nitrogens is 1. The Morgan fingerprint density at radius 3 is 2.68 bits per heavy atom. The Bertz CT molecular complexity index is 977. The number of rotatable bonds is 2. The van der Waals surface area contributed by atoms with E-state index in [1.807, 2.05) is 42.2 Å². The van der Waals surface area contributed by atoms with Crippen LogP contribution in [0.5, 0.6) is 0 Å². The molecule has 126 valence electrons. The van der Waals surface area contributed by atoms with E-state index >= 15 is 0 Å². The smallest absolute Gasteiger partial charge is 0.231 e. The third-order valence-corrected chi connectivity index (χ3v) is 5.29. The Morgan fingerprint density at radius 2 is 1.84 bits per heavy atom. The molecule has 25 heavy (non-hydrogen) atoms. The molecule has 0 radical (unpaired) electrons. The fourth-order valence-electron chi connectivity index (χ4n) is 4.01. The maximum Gasteiger partial charge on any atom is 0.231 e. The quantitative estimate of drug-likeness (QED) is 0.699. The van der Waals surface area contributed by atoms with Crippen LogP contribution in [-0.4, -0.2) is 16.9 Å². The highest BCUT2D eigenvalue weighted by atomic mass is 16.2. The van der Waals surface area contributed by atoms with Crippen LogP contribution < -0.4 is 4.90 Å². The summed E-state index contributed by atoms with van der Waals surface area (Å²) in [5.41, 5.74) is 6.48. The van der Waals surface area contributed by atoms with Gasteiger partial charge < -0.3 is 4.90 Å². The summed E-state index contributed by atoms with van der Waals surface area (Å²) in [4.78, 5) is 19.8. The number of pyridine rings is 1. The number of aryl methyl sites for hydroxylation is 2. The van der Waals surface area contributed by atoms with Crippen molar-refractivity contribution < 1.29 is 4.79 Å². The van der Waals surface area contributed by atoms with Gasteiger partial charge in [0, 0.05) is 22.8 Å². The molecule has 0 fully saturated rings. The standard InChI is InChI=1S/C22H22N2O/c1-14-12-17-8-4-7-11-21(17)24(14)22(25)13-19-15(2)18-9-5-6-10-20(18)23-16(19)3/h4-11,14H,12-13H2,1-3H3. The highest BCUT2D eigenvalue weighted by molar-refractivity contribution is 5.98. The topological polar surface area (TPSA) is 33.2 Å². The van der Waals surface area contributed by atoms with Gasteiger partial charge in [0.25, 0.3) is 0 Å². The van der Waals surface area contributed by atoms with Crippen molar-refractivity contribution in [3.8, 4) is 0 Å². The maximum atomic E-state index is 13.1. The number of hydrogen-bond donors (Lipinski definition) is 0. The van der Waals surface area contributed by atoms with Crippen molar-refractivity contribution in [1.29, 1.82) is 0 Å². The second-order valence-corrected chi connectivity index (χ2v) is 6.94. The number of benzene rings is 2. The number of hydrogen-bond acceptors (Lipinski definition) is 2. The Labute approximate surface area is 148 Å². The Hall–Kier alpha value is -2.68. The number of para-hydroxylation sites is 2. The highest BCUT2D eigenvalue weighted by Gasteiger charge is 2.31. The van der Waals surface area contributed by atoms with Gasteiger partial charge in [-0.05, 0) is 56.0 Å². The second-order valence-electron chi connectivity index (χ2n) is 6.94. The molecule has 2 heterocycles. The molecule has 2 aromatic carbocycles. The van der Waals surface area contributed by atoms with Crippen molar-refractivity contribution >= 4 is 22.5 Å². The zero-order valence-corrected chi connectivity index (χ0v) is 14.9. The van der Waals surface area contributed by atoms with Crippen LogP contribution in [0.15, 0.2) is 48.5 Å². The highest BCUT2D eigenvalue weighted by Crippen LogP contribution is 2.33. The number of fused-ring (bicyclic) bond motifs is 2. The van der Waals surface area contributed by atoms with Gasteiger partial charge in [-0.25, -0.2) is 0 Å². The van der Waals surface area contributed by atoms with Crippen LogP contribution in [0, 0.1) is 13.8 Å². The van der Waals surface area contributed by atoms with Crippen LogP contribution in [0.4, 0.5) is 5.69 Å². The Kier molecular flexibility index (Phi) is 3.79. The molecule has 0 saturated heterocycles. The van der Waals surface area contributed by atoms with E-state index in [1.165, 1.54) is 5.56 Å². The van der Waals surface area contributed by atoms with E-state index in [1.54, 1.807) is 0 Å². The molecule has 0 N–H and O–H groups in total. The molecule has 3 heteroatoms. The number of anilines is 1. The van der Waals surface area contributed by atoms with Gasteiger partial charge in [-0.3, -0.25) is 9.78 Å². The summed E-state index contributed by atoms with van der Waals surface area (Å²) in [6, 6.07) is 16.6. The molecule has 1 aliphatic heterocycles. The molecule has 0 spiro atoms. The van der Waals surface area contributed by atoms with Crippen LogP contribution in [0.2, 0.25) is 0 Å². The van der Waals surface area contributed by atoms with Gasteiger partial charge in [0.05, 0.1) is 11.9 Å². The lowest BCUT2D eigenvalue weighted by atomic mass is 9.99. The normalized spacial score (nSPS) is 16.3. The SMILES string of the molecule is Cc1nc2ccccc2c(C)c1CC(=O)N1c2ccccc2CC1C. The lowest BCUT2D eigenvalue weighted by molar-refractivity contribution is -0.118. The van der Waals surface area contributed by atoms with Gasteiger partial charge >= 0.3 is 0 Å². The van der Waals surface area contributed by atoms with E-state index in [2.05, 4.69) is 32.0 Å². The third kappa shape index (κ3) is 2.60. The van der Waals surface area contributed by atoms with Crippen molar-refractivity contribution in [2.45, 2.75) is 39.7 Å². The molecular weight excluding hydrogens is 308 g/mol. The van der Waals surface area contributed by atoms with Gasteiger partial charge in [0.1, 0.15) is 0 Å². The number of carbonyl (C=O) groups is 1. The predicted molar refractivity (Wildman–Crippen MR) is 102 cm³/mol. The van der Waals surface area contributed by atoms with Crippen molar-refractivity contribution in [1.82, 2.24) is 4.98 Å². The van der Waals surface area contributed by atoms with E-state index in [9.17, 15) is 4.79 Å². The lowest BCUT2D eigenvalue weighted by Gasteiger charge is -2.24. The molecule has 4 rings (SSSR count). The molecule has 3 aromatic rings. The van der Waals surface area contributed by atoms with E-state index in [4.69, 9.17) is 4.98 Å². The van der Waals surface area contributed by atoms with Crippen LogP contribution >= 0.6 is 0 Å². The first-order chi connectivity index (χ1) is 12.1. The van der Waals surface area contributed by atoms with E-state index in [-0.39, 0.29) is 11.9 Å². The zero-order valence-electron chi connectivity index (χ0n) is 14.9. The summed E-state index contributed by atoms with van der Waals surface area (Å²) in [6.07, 6.45) is 1.32. The minimum Gasteiger partial charge on any atom is -0.309 e. The molecule has 3 nitrogen and oxygen atoms in total. The largest absolute Gasteiger partial charge is 0.309 e. The molecular formula is C22H22N2O. The zero-order chi connectivity index (χ0) is 17.6. The maximum absolute atomic E-state index is 13.1. The first-order valence-corrected chi connectivity index (χ1v) is 8.81. The van der Waals surface area contributed by atoms with Gasteiger partial charge in [-0.1, -0.05) is 36.4 Å². The fourth-order valence-corrected chi connectivity index (χ4v) is 4.01. The average molecular weight is 330 g/mol. The fraction of sp³-hybridized carbons (Fsp3) is 0.273. The lowest BCUT2D eigenvalue weighted by Crippen LogP contribution is -2.37. The van der Waals surface area contributed by atoms with Crippen LogP contribution in [0.25, 0.3) is 10.9 Å². The average Bonchev–Trinajstić information content (AvgIpc) is 2.94. The number of carbonyl (C=O) groups excluding carboxylic acids is 1. The van der Waals surface area contributed by atoms with Gasteiger partial charge in [0.15, 0.2) is 0 Å². The molecule has 1 atom stereocenters. The molecule has 1 aromatic heterocycles. The first kappa shape index (κ1) is 15.8. The molecule has 1 amide bonds. The van der Waals surface area contributed by atoms with E-state index in [0.717, 1.165) is 39.8 Å². The molecule has 0 bridgehead atoms. The summed E-state index contributed by atoms with van der Waals surface area (Å²) >= 11 is 0. The summed E-state index contributed by atoms with van der Waals surface area (Å²) in [5.74, 6) is 0.153. The molecule has 1 aliphatic rings. The Balaban J connectivity index is 1.71. The van der Waals surface area contributed by atoms with Crippen molar-refractivity contribution in [3.63, 3.8) is 0 Å². The Morgan fingerprint density at radius 1 is 1.12 bits per heavy atom. The summed E-state index contributed by atoms with van der Waals surface area (Å²) in [7, 11) is 0. The van der Waals surface area contributed by atoms with Gasteiger partial charge in [-0.15, -0.1) is 0 Å². The van der Waals surface area contributed by atoms with Crippen molar-refractivity contribution in [2.75, 3.05) is 4.90 Å². The van der Waals surface area contributed by atoms with Gasteiger partial charge in [-0.2, -0.15) is 0 Å². The van der Waals surface area contributed by atoms with Crippen LogP contribution in [-0.2, 0) is 17.6 Å². The summed E-state index contributed by atoms with van der Waals surface area (Å²) < 4.78 is 0. The van der Waals surface area contributed by atoms with Crippen molar-refractivity contribution in [2.24, 2.45) is 0 Å². The number of nitrogens with zero attached hydrogens (tertiary/aromatic N) is 2. The predicted octanol–water partition coefficient (Wildman–Crippen LogP) is 4.37. The van der Waals surface area contributed by atoms with Crippen LogP contribution in [0.3, 0.4) is 0 Å². The summed E-state index contributed by atoms with van der Waals surface area (Å²) in [5, 5.41) is 1.13. The van der Waals surface area contributed by atoms with E-state index in [0.29, 0.717) is 6.42 Å². The summed E-state index contributed by atoms with van der Waals surface area (Å²) in [6.45, 7) is 6.22. The minimum absolute atomic E-state index is 0.153. The molecule has 0 saturated carbocycles. The first-order valence-electron chi connectivity index (χ1n) is 8.81. The number of amides is 1. The minimum atomic E-state index is 0.153. The third-order valence-electron chi connectivity index (χ3n) is 5.29. The van der Waals surface area contributed by atoms with E-state index < -0.39 is 0 Å². The van der Waals surface area contributed by atoms with Crippen LogP contribution in [0.1, 0.15) is 29.3 Å². The molecule has 1 unspecified atom stereocenters. The van der Waals surface area contributed by atoms with Gasteiger partial charge in [0.2, 0.25) is 5.91 Å². The monoisotopic (exact) mass is 330 g/mol. The molecule has 0 aliphatic carbocycles. The van der Waals surface area contributed by atoms with Crippen molar-refractivity contribution in [3.05, 3.63) is 70.9 Å².